The van der Waals surface area contributed by atoms with E-state index < -0.39 is 5.97 Å². The van der Waals surface area contributed by atoms with E-state index in [0.29, 0.717) is 0 Å². The highest BCUT2D eigenvalue weighted by Crippen LogP contribution is 2.33. The normalized spacial score (nSPS) is 19.5. The van der Waals surface area contributed by atoms with E-state index >= 15 is 0 Å². The van der Waals surface area contributed by atoms with E-state index in [9.17, 15) is 4.79 Å². The van der Waals surface area contributed by atoms with Gasteiger partial charge in [-0.05, 0) is 25.2 Å². The number of rotatable bonds is 2. The minimum Gasteiger partial charge on any atom is -0.481 e. The Morgan fingerprint density at radius 1 is 1.71 bits per heavy atom. The van der Waals surface area contributed by atoms with Crippen molar-refractivity contribution in [2.45, 2.75) is 32.6 Å². The Morgan fingerprint density at radius 3 is 3.29 bits per heavy atom. The second kappa shape index (κ2) is 3.84. The van der Waals surface area contributed by atoms with E-state index in [4.69, 9.17) is 5.11 Å². The molecule has 1 unspecified atom stereocenters. The Balaban J connectivity index is 2.11. The Labute approximate surface area is 103 Å². The molecule has 17 heavy (non-hydrogen) atoms. The number of aryl methyl sites for hydroxylation is 1. The second-order valence-corrected chi connectivity index (χ2v) is 5.82. The van der Waals surface area contributed by atoms with E-state index in [1.54, 1.807) is 17.5 Å². The summed E-state index contributed by atoms with van der Waals surface area (Å²) in [6.45, 7) is 2.27. The smallest absolute Gasteiger partial charge is 0.309 e. The van der Waals surface area contributed by atoms with Crippen LogP contribution in [0.1, 0.15) is 29.6 Å². The maximum Gasteiger partial charge on any atom is 0.309 e. The van der Waals surface area contributed by atoms with Crippen molar-refractivity contribution in [3.8, 4) is 0 Å². The average Bonchev–Trinajstić information content (AvgIpc) is 2.77. The number of hydrogen-bond acceptors (Lipinski definition) is 3. The van der Waals surface area contributed by atoms with Crippen LogP contribution in [0.3, 0.4) is 0 Å². The first-order valence-corrected chi connectivity index (χ1v) is 6.65. The van der Waals surface area contributed by atoms with Crippen molar-refractivity contribution in [3.63, 3.8) is 0 Å². The third kappa shape index (κ3) is 1.74. The fourth-order valence-electron chi connectivity index (χ4n) is 2.51. The van der Waals surface area contributed by atoms with Gasteiger partial charge in [0, 0.05) is 10.6 Å². The molecule has 0 amide bonds. The van der Waals surface area contributed by atoms with Gasteiger partial charge in [0.25, 0.3) is 0 Å². The Morgan fingerprint density at radius 2 is 2.53 bits per heavy atom. The monoisotopic (exact) mass is 250 g/mol. The van der Waals surface area contributed by atoms with Crippen molar-refractivity contribution in [2.75, 3.05) is 0 Å². The third-order valence-corrected chi connectivity index (χ3v) is 4.47. The molecule has 0 spiro atoms. The summed E-state index contributed by atoms with van der Waals surface area (Å²) in [5.41, 5.74) is 2.09. The molecular formula is C12H14N2O2S. The second-order valence-electron chi connectivity index (χ2n) is 4.76. The van der Waals surface area contributed by atoms with Gasteiger partial charge in [-0.25, -0.2) is 4.98 Å². The lowest BCUT2D eigenvalue weighted by Gasteiger charge is -2.17. The van der Waals surface area contributed by atoms with Crippen LogP contribution in [-0.4, -0.2) is 20.5 Å². The molecule has 2 aromatic heterocycles. The van der Waals surface area contributed by atoms with Gasteiger partial charge in [0.2, 0.25) is 0 Å². The molecule has 2 aromatic rings. The molecular weight excluding hydrogens is 236 g/mol. The summed E-state index contributed by atoms with van der Waals surface area (Å²) in [5, 5.41) is 8.89. The summed E-state index contributed by atoms with van der Waals surface area (Å²) in [6, 6.07) is 0. The Kier molecular flexibility index (Phi) is 2.43. The predicted molar refractivity (Wildman–Crippen MR) is 65.6 cm³/mol. The van der Waals surface area contributed by atoms with Gasteiger partial charge in [0.05, 0.1) is 18.3 Å². The zero-order valence-electron chi connectivity index (χ0n) is 9.64. The lowest BCUT2D eigenvalue weighted by Crippen LogP contribution is -2.12. The van der Waals surface area contributed by atoms with Gasteiger partial charge in [-0.15, -0.1) is 11.3 Å². The van der Waals surface area contributed by atoms with Gasteiger partial charge in [-0.3, -0.25) is 9.20 Å². The van der Waals surface area contributed by atoms with Gasteiger partial charge in [0.15, 0.2) is 4.96 Å². The molecule has 0 aromatic carbocycles. The summed E-state index contributed by atoms with van der Waals surface area (Å²) in [5.74, 6) is -0.0651. The van der Waals surface area contributed by atoms with E-state index in [0.717, 1.165) is 29.4 Å². The van der Waals surface area contributed by atoms with Crippen LogP contribution in [0.4, 0.5) is 0 Å². The molecule has 4 nitrogen and oxygen atoms in total. The topological polar surface area (TPSA) is 54.6 Å². The number of nitrogens with zero attached hydrogens (tertiary/aromatic N) is 2. The summed E-state index contributed by atoms with van der Waals surface area (Å²) in [7, 11) is 0. The Bertz CT molecular complexity index is 585. The SMILES string of the molecule is CC1CCc2c(sc3ncc(CC(=O)O)n23)C1. The van der Waals surface area contributed by atoms with Crippen LogP contribution in [0.5, 0.6) is 0 Å². The van der Waals surface area contributed by atoms with Gasteiger partial charge in [-0.1, -0.05) is 6.92 Å². The minimum atomic E-state index is -0.795. The minimum absolute atomic E-state index is 0.0554. The molecule has 5 heteroatoms. The number of hydrogen-bond donors (Lipinski definition) is 1. The van der Waals surface area contributed by atoms with Crippen LogP contribution in [-0.2, 0) is 24.1 Å². The lowest BCUT2D eigenvalue weighted by molar-refractivity contribution is -0.136. The van der Waals surface area contributed by atoms with Crippen molar-refractivity contribution >= 4 is 22.3 Å². The first-order valence-electron chi connectivity index (χ1n) is 5.84. The highest BCUT2D eigenvalue weighted by Gasteiger charge is 2.22. The molecule has 0 radical (unpaired) electrons. The first-order chi connectivity index (χ1) is 8.15. The summed E-state index contributed by atoms with van der Waals surface area (Å²) >= 11 is 1.71. The predicted octanol–water partition coefficient (Wildman–Crippen LogP) is 2.15. The number of carboxylic acids is 1. The molecule has 1 aliphatic carbocycles. The van der Waals surface area contributed by atoms with Crippen molar-refractivity contribution < 1.29 is 9.90 Å². The molecule has 0 saturated heterocycles. The van der Waals surface area contributed by atoms with Gasteiger partial charge in [-0.2, -0.15) is 0 Å². The molecule has 3 rings (SSSR count). The quantitative estimate of drug-likeness (QED) is 0.888. The maximum atomic E-state index is 10.8. The van der Waals surface area contributed by atoms with Crippen LogP contribution in [0.2, 0.25) is 0 Å². The Hall–Kier alpha value is -1.36. The largest absolute Gasteiger partial charge is 0.481 e. The van der Waals surface area contributed by atoms with Crippen LogP contribution in [0, 0.1) is 5.92 Å². The van der Waals surface area contributed by atoms with Gasteiger partial charge < -0.3 is 5.11 Å². The molecule has 0 aliphatic heterocycles. The van der Waals surface area contributed by atoms with Crippen molar-refractivity contribution in [1.82, 2.24) is 9.38 Å². The van der Waals surface area contributed by atoms with Crippen molar-refractivity contribution in [2.24, 2.45) is 5.92 Å². The van der Waals surface area contributed by atoms with Crippen LogP contribution >= 0.6 is 11.3 Å². The zero-order chi connectivity index (χ0) is 12.0. The molecule has 2 heterocycles. The number of carbonyl (C=O) groups is 1. The summed E-state index contributed by atoms with van der Waals surface area (Å²) in [6.07, 6.45) is 5.08. The number of carboxylic acid groups (broad SMARTS) is 1. The fourth-order valence-corrected chi connectivity index (χ4v) is 3.84. The standard InChI is InChI=1S/C12H14N2O2S/c1-7-2-3-9-10(4-7)17-12-13-6-8(14(9)12)5-11(15)16/h6-7H,2-5H2,1H3,(H,15,16). The molecule has 0 fully saturated rings. The van der Waals surface area contributed by atoms with Crippen LogP contribution < -0.4 is 0 Å². The number of imidazole rings is 1. The maximum absolute atomic E-state index is 10.8. The van der Waals surface area contributed by atoms with Gasteiger partial charge in [0.1, 0.15) is 0 Å². The van der Waals surface area contributed by atoms with Gasteiger partial charge >= 0.3 is 5.97 Å². The van der Waals surface area contributed by atoms with Crippen molar-refractivity contribution in [1.29, 1.82) is 0 Å². The lowest BCUT2D eigenvalue weighted by atomic mass is 9.93. The molecule has 1 atom stereocenters. The van der Waals surface area contributed by atoms with Crippen LogP contribution in [0.15, 0.2) is 6.20 Å². The highest BCUT2D eigenvalue weighted by molar-refractivity contribution is 7.17. The number of thiazole rings is 1. The van der Waals surface area contributed by atoms with Crippen LogP contribution in [0.25, 0.3) is 4.96 Å². The number of fused-ring (bicyclic) bond motifs is 3. The third-order valence-electron chi connectivity index (χ3n) is 3.35. The van der Waals surface area contributed by atoms with E-state index in [2.05, 4.69) is 16.3 Å². The number of aliphatic carboxylic acids is 1. The summed E-state index contributed by atoms with van der Waals surface area (Å²) in [4.78, 5) is 17.5. The molecule has 90 valence electrons. The number of aromatic nitrogens is 2. The molecule has 0 saturated carbocycles. The van der Waals surface area contributed by atoms with E-state index in [1.165, 1.54) is 17.0 Å². The van der Waals surface area contributed by atoms with Crippen molar-refractivity contribution in [3.05, 3.63) is 22.5 Å². The average molecular weight is 250 g/mol. The molecule has 1 N–H and O–H groups in total. The van der Waals surface area contributed by atoms with E-state index in [-0.39, 0.29) is 6.42 Å². The molecule has 1 aliphatic rings. The summed E-state index contributed by atoms with van der Waals surface area (Å²) < 4.78 is 2.06. The molecule has 0 bridgehead atoms. The highest BCUT2D eigenvalue weighted by atomic mass is 32.1. The zero-order valence-corrected chi connectivity index (χ0v) is 10.5. The fraction of sp³-hybridized carbons (Fsp3) is 0.500. The van der Waals surface area contributed by atoms with E-state index in [1.807, 2.05) is 0 Å². The first kappa shape index (κ1) is 10.8.